The molecule has 0 amide bonds. The molecule has 0 aromatic carbocycles. The Morgan fingerprint density at radius 1 is 1.56 bits per heavy atom. The van der Waals surface area contributed by atoms with Crippen molar-refractivity contribution in [3.05, 3.63) is 12.2 Å². The van der Waals surface area contributed by atoms with Crippen LogP contribution in [0.5, 0.6) is 0 Å². The van der Waals surface area contributed by atoms with Gasteiger partial charge in [0.2, 0.25) is 0 Å². The molecule has 1 unspecified atom stereocenters. The zero-order valence-electron chi connectivity index (χ0n) is 15.5. The predicted octanol–water partition coefficient (Wildman–Crippen LogP) is 1.27. The lowest BCUT2D eigenvalue weighted by atomic mass is 10.1. The summed E-state index contributed by atoms with van der Waals surface area (Å²) in [6, 6.07) is 0. The Hall–Kier alpha value is -0.940. The van der Waals surface area contributed by atoms with Crippen LogP contribution in [0, 0.1) is 5.92 Å². The minimum atomic E-state index is 0. The highest BCUT2D eigenvalue weighted by Crippen LogP contribution is 2.12. The summed E-state index contributed by atoms with van der Waals surface area (Å²) < 4.78 is 12.8. The van der Waals surface area contributed by atoms with Crippen molar-refractivity contribution in [3.8, 4) is 0 Å². The molecular formula is C16H31IN6O2. The van der Waals surface area contributed by atoms with Crippen molar-refractivity contribution in [3.63, 3.8) is 0 Å². The third kappa shape index (κ3) is 7.87. The molecule has 25 heavy (non-hydrogen) atoms. The number of aliphatic imine (C=N–C) groups is 1. The van der Waals surface area contributed by atoms with Crippen molar-refractivity contribution in [1.29, 1.82) is 0 Å². The largest absolute Gasteiger partial charge is 0.381 e. The summed E-state index contributed by atoms with van der Waals surface area (Å²) >= 11 is 0. The molecule has 1 saturated heterocycles. The lowest BCUT2D eigenvalue weighted by Crippen LogP contribution is -2.39. The normalized spacial score (nSPS) is 17.4. The standard InChI is InChI=1S/C16H30N6O2.HI/c1-4-17-16(21(2)10-15-19-13-20-22(15)3)18-7-5-8-23-11-14-6-9-24-12-14;/h13-14H,4-12H2,1-3H3,(H,17,18);1H. The summed E-state index contributed by atoms with van der Waals surface area (Å²) in [5.74, 6) is 2.36. The zero-order chi connectivity index (χ0) is 17.2. The molecule has 1 N–H and O–H groups in total. The van der Waals surface area contributed by atoms with Crippen LogP contribution in [0.4, 0.5) is 0 Å². The predicted molar refractivity (Wildman–Crippen MR) is 108 cm³/mol. The molecule has 1 aromatic heterocycles. The van der Waals surface area contributed by atoms with Crippen LogP contribution in [0.2, 0.25) is 0 Å². The maximum absolute atomic E-state index is 5.72. The number of halogens is 1. The van der Waals surface area contributed by atoms with E-state index in [1.807, 2.05) is 14.1 Å². The van der Waals surface area contributed by atoms with E-state index < -0.39 is 0 Å². The third-order valence-electron chi connectivity index (χ3n) is 3.97. The van der Waals surface area contributed by atoms with Crippen molar-refractivity contribution in [1.82, 2.24) is 25.0 Å². The van der Waals surface area contributed by atoms with E-state index in [1.54, 1.807) is 11.0 Å². The van der Waals surface area contributed by atoms with E-state index in [0.717, 1.165) is 64.1 Å². The van der Waals surface area contributed by atoms with Gasteiger partial charge in [-0.05, 0) is 19.8 Å². The average molecular weight is 466 g/mol. The molecule has 144 valence electrons. The fourth-order valence-corrected chi connectivity index (χ4v) is 2.54. The molecule has 1 fully saturated rings. The van der Waals surface area contributed by atoms with Gasteiger partial charge in [0.15, 0.2) is 5.96 Å². The number of rotatable bonds is 9. The summed E-state index contributed by atoms with van der Waals surface area (Å²) in [6.45, 7) is 7.58. The summed E-state index contributed by atoms with van der Waals surface area (Å²) in [7, 11) is 3.90. The number of hydrogen-bond donors (Lipinski definition) is 1. The summed E-state index contributed by atoms with van der Waals surface area (Å²) in [4.78, 5) is 11.0. The lowest BCUT2D eigenvalue weighted by molar-refractivity contribution is 0.0893. The van der Waals surface area contributed by atoms with Crippen LogP contribution in [0.25, 0.3) is 0 Å². The quantitative estimate of drug-likeness (QED) is 0.256. The second-order valence-corrected chi connectivity index (χ2v) is 6.05. The Kier molecular flexibility index (Phi) is 11.0. The summed E-state index contributed by atoms with van der Waals surface area (Å²) in [6.07, 6.45) is 3.61. The molecule has 0 bridgehead atoms. The van der Waals surface area contributed by atoms with Gasteiger partial charge in [-0.3, -0.25) is 9.67 Å². The van der Waals surface area contributed by atoms with E-state index in [1.165, 1.54) is 0 Å². The molecule has 1 atom stereocenters. The average Bonchev–Trinajstić information content (AvgIpc) is 3.22. The molecule has 0 spiro atoms. The van der Waals surface area contributed by atoms with Crippen LogP contribution < -0.4 is 5.32 Å². The zero-order valence-corrected chi connectivity index (χ0v) is 17.8. The third-order valence-corrected chi connectivity index (χ3v) is 3.97. The summed E-state index contributed by atoms with van der Waals surface area (Å²) in [5.41, 5.74) is 0. The van der Waals surface area contributed by atoms with Gasteiger partial charge in [0.1, 0.15) is 12.2 Å². The van der Waals surface area contributed by atoms with E-state index in [-0.39, 0.29) is 24.0 Å². The van der Waals surface area contributed by atoms with Crippen molar-refractivity contribution in [2.75, 3.05) is 46.6 Å². The van der Waals surface area contributed by atoms with Crippen LogP contribution in [0.3, 0.4) is 0 Å². The minimum Gasteiger partial charge on any atom is -0.381 e. The first kappa shape index (κ1) is 22.1. The van der Waals surface area contributed by atoms with Crippen molar-refractivity contribution >= 4 is 29.9 Å². The van der Waals surface area contributed by atoms with Crippen LogP contribution in [-0.2, 0) is 23.1 Å². The van der Waals surface area contributed by atoms with Crippen molar-refractivity contribution < 1.29 is 9.47 Å². The second-order valence-electron chi connectivity index (χ2n) is 6.05. The molecule has 1 aliphatic heterocycles. The Morgan fingerprint density at radius 2 is 2.40 bits per heavy atom. The minimum absolute atomic E-state index is 0. The highest BCUT2D eigenvalue weighted by Gasteiger charge is 2.15. The molecule has 0 saturated carbocycles. The van der Waals surface area contributed by atoms with E-state index in [0.29, 0.717) is 12.5 Å². The maximum Gasteiger partial charge on any atom is 0.194 e. The highest BCUT2D eigenvalue weighted by molar-refractivity contribution is 14.0. The van der Waals surface area contributed by atoms with Gasteiger partial charge in [0.25, 0.3) is 0 Å². The fourth-order valence-electron chi connectivity index (χ4n) is 2.54. The van der Waals surface area contributed by atoms with Gasteiger partial charge >= 0.3 is 0 Å². The van der Waals surface area contributed by atoms with Crippen LogP contribution in [0.1, 0.15) is 25.6 Å². The molecular weight excluding hydrogens is 435 g/mol. The summed E-state index contributed by atoms with van der Waals surface area (Å²) in [5, 5.41) is 7.41. The van der Waals surface area contributed by atoms with Crippen molar-refractivity contribution in [2.45, 2.75) is 26.3 Å². The van der Waals surface area contributed by atoms with Gasteiger partial charge in [-0.2, -0.15) is 5.10 Å². The SMILES string of the molecule is CCNC(=NCCCOCC1CCOC1)N(C)Cc1ncnn1C.I. The van der Waals surface area contributed by atoms with Gasteiger partial charge in [0.05, 0.1) is 19.8 Å². The van der Waals surface area contributed by atoms with E-state index in [4.69, 9.17) is 9.47 Å². The molecule has 0 aliphatic carbocycles. The first-order chi connectivity index (χ1) is 11.7. The molecule has 1 aromatic rings. The number of ether oxygens (including phenoxy) is 2. The van der Waals surface area contributed by atoms with Crippen LogP contribution in [0.15, 0.2) is 11.3 Å². The Bertz CT molecular complexity index is 505. The molecule has 8 nitrogen and oxygen atoms in total. The lowest BCUT2D eigenvalue weighted by Gasteiger charge is -2.21. The van der Waals surface area contributed by atoms with E-state index in [9.17, 15) is 0 Å². The van der Waals surface area contributed by atoms with Gasteiger partial charge < -0.3 is 19.7 Å². The maximum atomic E-state index is 5.72. The Labute approximate surface area is 167 Å². The number of hydrogen-bond acceptors (Lipinski definition) is 5. The number of aryl methyl sites for hydroxylation is 1. The number of nitrogens with one attached hydrogen (secondary N) is 1. The molecule has 2 rings (SSSR count). The van der Waals surface area contributed by atoms with Gasteiger partial charge in [-0.25, -0.2) is 4.98 Å². The van der Waals surface area contributed by atoms with Crippen LogP contribution in [-0.4, -0.2) is 72.2 Å². The number of aromatic nitrogens is 3. The van der Waals surface area contributed by atoms with Gasteiger partial charge in [-0.15, -0.1) is 24.0 Å². The fraction of sp³-hybridized carbons (Fsp3) is 0.812. The Balaban J connectivity index is 0.00000312. The Morgan fingerprint density at radius 3 is 3.04 bits per heavy atom. The first-order valence-corrected chi connectivity index (χ1v) is 8.68. The first-order valence-electron chi connectivity index (χ1n) is 8.68. The molecule has 1 aliphatic rings. The van der Waals surface area contributed by atoms with E-state index in [2.05, 4.69) is 32.2 Å². The second kappa shape index (κ2) is 12.4. The van der Waals surface area contributed by atoms with Gasteiger partial charge in [0, 0.05) is 46.3 Å². The van der Waals surface area contributed by atoms with Gasteiger partial charge in [-0.1, -0.05) is 0 Å². The molecule has 0 radical (unpaired) electrons. The smallest absolute Gasteiger partial charge is 0.194 e. The van der Waals surface area contributed by atoms with Crippen molar-refractivity contribution in [2.24, 2.45) is 18.0 Å². The topological polar surface area (TPSA) is 76.8 Å². The van der Waals surface area contributed by atoms with E-state index >= 15 is 0 Å². The number of nitrogens with zero attached hydrogens (tertiary/aromatic N) is 5. The van der Waals surface area contributed by atoms with Crippen LogP contribution >= 0.6 is 24.0 Å². The highest BCUT2D eigenvalue weighted by atomic mass is 127. The number of guanidine groups is 1. The molecule has 2 heterocycles. The molecule has 9 heteroatoms. The monoisotopic (exact) mass is 466 g/mol.